The second-order valence-electron chi connectivity index (χ2n) is 17.2. The molecular weight excluding hydrogens is 735 g/mol. The minimum Gasteiger partial charge on any atom is -0.309 e. The van der Waals surface area contributed by atoms with Gasteiger partial charge in [0, 0.05) is 16.2 Å². The van der Waals surface area contributed by atoms with Gasteiger partial charge in [-0.1, -0.05) is 158 Å². The maximum atomic E-state index is 2.55. The molecule has 0 radical (unpaired) electrons. The Morgan fingerprint density at radius 3 is 1.11 bits per heavy atom. The highest BCUT2D eigenvalue weighted by atomic mass is 15.0. The zero-order valence-electron chi connectivity index (χ0n) is 33.0. The molecule has 0 spiro atoms. The lowest BCUT2D eigenvalue weighted by molar-refractivity contribution is 1.20. The van der Waals surface area contributed by atoms with E-state index in [4.69, 9.17) is 0 Å². The van der Waals surface area contributed by atoms with Crippen molar-refractivity contribution in [1.82, 2.24) is 4.57 Å². The zero-order valence-corrected chi connectivity index (χ0v) is 33.0. The van der Waals surface area contributed by atoms with Crippen molar-refractivity contribution in [3.63, 3.8) is 0 Å². The van der Waals surface area contributed by atoms with Gasteiger partial charge in [0.2, 0.25) is 0 Å². The topological polar surface area (TPSA) is 4.93 Å². The predicted octanol–water partition coefficient (Wildman–Crippen LogP) is 16.8. The van der Waals surface area contributed by atoms with Crippen LogP contribution in [0.25, 0.3) is 147 Å². The third kappa shape index (κ3) is 4.15. The van der Waals surface area contributed by atoms with Gasteiger partial charge in [-0.25, -0.2) is 0 Å². The van der Waals surface area contributed by atoms with Gasteiger partial charge >= 0.3 is 0 Å². The first kappa shape index (κ1) is 31.9. The minimum atomic E-state index is 1.21. The van der Waals surface area contributed by atoms with E-state index in [0.29, 0.717) is 0 Å². The fraction of sp³-hybridized carbons (Fsp3) is 0. The van der Waals surface area contributed by atoms with Crippen LogP contribution in [0.3, 0.4) is 0 Å². The van der Waals surface area contributed by atoms with Crippen LogP contribution in [-0.2, 0) is 0 Å². The quantitative estimate of drug-likeness (QED) is 0.158. The van der Waals surface area contributed by atoms with Crippen molar-refractivity contribution in [3.05, 3.63) is 200 Å². The molecule has 0 unspecified atom stereocenters. The molecule has 1 aromatic heterocycles. The molecule has 15 rings (SSSR count). The molecule has 15 aromatic rings. The molecule has 0 saturated heterocycles. The van der Waals surface area contributed by atoms with Gasteiger partial charge in [-0.05, 0) is 156 Å². The molecule has 61 heavy (non-hydrogen) atoms. The zero-order chi connectivity index (χ0) is 39.5. The molecule has 0 aliphatic rings. The second kappa shape index (κ2) is 11.4. The summed E-state index contributed by atoms with van der Waals surface area (Å²) in [6.45, 7) is 0. The molecule has 0 amide bonds. The van der Waals surface area contributed by atoms with Crippen LogP contribution in [0.15, 0.2) is 200 Å². The number of benzene rings is 14. The smallest absolute Gasteiger partial charge is 0.0548 e. The Labute approximate surface area is 349 Å². The summed E-state index contributed by atoms with van der Waals surface area (Å²) < 4.78 is 2.55. The second-order valence-corrected chi connectivity index (χ2v) is 17.2. The largest absolute Gasteiger partial charge is 0.309 e. The van der Waals surface area contributed by atoms with Gasteiger partial charge in [0.1, 0.15) is 0 Å². The summed E-state index contributed by atoms with van der Waals surface area (Å²) in [5.41, 5.74) is 8.67. The highest BCUT2D eigenvalue weighted by Crippen LogP contribution is 2.48. The van der Waals surface area contributed by atoms with Crippen molar-refractivity contribution in [2.24, 2.45) is 0 Å². The van der Waals surface area contributed by atoms with Crippen molar-refractivity contribution in [2.75, 3.05) is 0 Å². The number of aromatic nitrogens is 1. The first-order valence-electron chi connectivity index (χ1n) is 21.3. The highest BCUT2D eigenvalue weighted by molar-refractivity contribution is 6.31. The Morgan fingerprint density at radius 1 is 0.230 bits per heavy atom. The third-order valence-electron chi connectivity index (χ3n) is 14.1. The SMILES string of the molecule is c1ccc2c(c1)cc(-n1c3ccc(-c4cc5ccc6cccc7ccc(c4)c5c67)c4ccc5c(-c6cc7ccc8cccc9ccc(c6)c7c89)ccc1c5c43)c1ccccc12. The standard InChI is InChI=1S/C60H33N/c1-2-12-45-38(7-1)33-54(49-14-4-3-13-48(45)49)61-52-27-25-46(43-29-39-19-15-34-8-5-9-35-16-20-40(30-43)57(39)55(34)35)50-23-24-51-47(26-28-53(61)60(51)59(50)52)44-31-41-21-17-36-10-6-11-37-18-22-42(32-44)58(41)56(36)37/h1-33H. The molecule has 0 fully saturated rings. The average Bonchev–Trinajstić information content (AvgIpc) is 3.66. The Bertz CT molecular complexity index is 3990. The number of hydrogen-bond acceptors (Lipinski definition) is 0. The molecule has 1 nitrogen and oxygen atoms in total. The summed E-state index contributed by atoms with van der Waals surface area (Å²) in [7, 11) is 0. The number of rotatable bonds is 3. The van der Waals surface area contributed by atoms with Crippen LogP contribution in [-0.4, -0.2) is 4.57 Å². The molecule has 0 bridgehead atoms. The van der Waals surface area contributed by atoms with E-state index in [1.54, 1.807) is 0 Å². The predicted molar refractivity (Wildman–Crippen MR) is 263 cm³/mol. The van der Waals surface area contributed by atoms with Crippen molar-refractivity contribution in [3.8, 4) is 27.9 Å². The van der Waals surface area contributed by atoms with E-state index in [1.807, 2.05) is 0 Å². The van der Waals surface area contributed by atoms with Gasteiger partial charge in [-0.2, -0.15) is 0 Å². The van der Waals surface area contributed by atoms with Crippen LogP contribution in [0.5, 0.6) is 0 Å². The summed E-state index contributed by atoms with van der Waals surface area (Å²) in [5, 5.41) is 26.0. The van der Waals surface area contributed by atoms with Gasteiger partial charge in [0.15, 0.2) is 0 Å². The van der Waals surface area contributed by atoms with E-state index in [-0.39, 0.29) is 0 Å². The molecule has 278 valence electrons. The van der Waals surface area contributed by atoms with Gasteiger partial charge in [0.05, 0.1) is 16.7 Å². The molecule has 0 saturated carbocycles. The van der Waals surface area contributed by atoms with Crippen molar-refractivity contribution < 1.29 is 0 Å². The van der Waals surface area contributed by atoms with E-state index in [2.05, 4.69) is 205 Å². The lowest BCUT2D eigenvalue weighted by Gasteiger charge is -2.15. The van der Waals surface area contributed by atoms with Crippen LogP contribution in [0.1, 0.15) is 0 Å². The summed E-state index contributed by atoms with van der Waals surface area (Å²) in [4.78, 5) is 0. The molecule has 14 aromatic carbocycles. The summed E-state index contributed by atoms with van der Waals surface area (Å²) in [6.07, 6.45) is 0. The fourth-order valence-electron chi connectivity index (χ4n) is 11.6. The van der Waals surface area contributed by atoms with Gasteiger partial charge in [-0.15, -0.1) is 0 Å². The Hall–Kier alpha value is -8.00. The molecule has 1 heteroatoms. The minimum absolute atomic E-state index is 1.21. The summed E-state index contributed by atoms with van der Waals surface area (Å²) in [6, 6.07) is 75.8. The Kier molecular flexibility index (Phi) is 5.96. The third-order valence-corrected chi connectivity index (χ3v) is 14.1. The van der Waals surface area contributed by atoms with E-state index in [1.165, 1.54) is 147 Å². The Balaban J connectivity index is 1.05. The van der Waals surface area contributed by atoms with E-state index in [0.717, 1.165) is 0 Å². The molecule has 0 aliphatic heterocycles. The maximum Gasteiger partial charge on any atom is 0.0548 e. The molecular formula is C60H33N. The van der Waals surface area contributed by atoms with Crippen molar-refractivity contribution in [2.45, 2.75) is 0 Å². The maximum absolute atomic E-state index is 2.55. The van der Waals surface area contributed by atoms with E-state index >= 15 is 0 Å². The van der Waals surface area contributed by atoms with Crippen LogP contribution in [0, 0.1) is 0 Å². The fourth-order valence-corrected chi connectivity index (χ4v) is 11.6. The lowest BCUT2D eigenvalue weighted by Crippen LogP contribution is -1.96. The average molecular weight is 768 g/mol. The molecule has 0 atom stereocenters. The lowest BCUT2D eigenvalue weighted by atomic mass is 9.88. The van der Waals surface area contributed by atoms with Crippen LogP contribution >= 0.6 is 0 Å². The monoisotopic (exact) mass is 767 g/mol. The molecule has 0 aliphatic carbocycles. The van der Waals surface area contributed by atoms with Gasteiger partial charge in [-0.3, -0.25) is 0 Å². The summed E-state index contributed by atoms with van der Waals surface area (Å²) >= 11 is 0. The first-order chi connectivity index (χ1) is 30.2. The summed E-state index contributed by atoms with van der Waals surface area (Å²) in [5.74, 6) is 0. The highest BCUT2D eigenvalue weighted by Gasteiger charge is 2.23. The number of fused-ring (bicyclic) bond motifs is 3. The normalized spacial score (nSPS) is 12.6. The molecule has 0 N–H and O–H groups in total. The van der Waals surface area contributed by atoms with Crippen LogP contribution in [0.4, 0.5) is 0 Å². The van der Waals surface area contributed by atoms with Gasteiger partial charge < -0.3 is 4.57 Å². The Morgan fingerprint density at radius 2 is 0.623 bits per heavy atom. The first-order valence-corrected chi connectivity index (χ1v) is 21.3. The van der Waals surface area contributed by atoms with Crippen molar-refractivity contribution >= 4 is 119 Å². The molecule has 1 heterocycles. The van der Waals surface area contributed by atoms with E-state index < -0.39 is 0 Å². The number of nitrogens with zero attached hydrogens (tertiary/aromatic N) is 1. The van der Waals surface area contributed by atoms with E-state index in [9.17, 15) is 0 Å². The van der Waals surface area contributed by atoms with Crippen LogP contribution in [0.2, 0.25) is 0 Å². The van der Waals surface area contributed by atoms with Crippen molar-refractivity contribution in [1.29, 1.82) is 0 Å². The van der Waals surface area contributed by atoms with Gasteiger partial charge in [0.25, 0.3) is 0 Å². The van der Waals surface area contributed by atoms with Crippen LogP contribution < -0.4 is 0 Å². The number of hydrogen-bond donors (Lipinski definition) is 0.